The number of nitrogens with zero attached hydrogens (tertiary/aromatic N) is 11. The van der Waals surface area contributed by atoms with E-state index in [0.717, 1.165) is 54.2 Å². The predicted octanol–water partition coefficient (Wildman–Crippen LogP) is 12.8. The van der Waals surface area contributed by atoms with Crippen LogP contribution in [0, 0.1) is 69.1 Å². The molecule has 4 N–H and O–H groups in total. The lowest BCUT2D eigenvalue weighted by Gasteiger charge is -2.42. The highest BCUT2D eigenvalue weighted by molar-refractivity contribution is 7.23. The lowest BCUT2D eigenvalue weighted by atomic mass is 9.71. The zero-order chi connectivity index (χ0) is 65.7. The summed E-state index contributed by atoms with van der Waals surface area (Å²) in [6.07, 6.45) is -2.91. The lowest BCUT2D eigenvalue weighted by Crippen LogP contribution is -2.50. The molecule has 2 unspecified atom stereocenters. The molecule has 0 spiro atoms. The molecule has 4 aromatic carbocycles. The van der Waals surface area contributed by atoms with Crippen molar-refractivity contribution in [3.05, 3.63) is 68.7 Å². The first kappa shape index (κ1) is 62.1. The van der Waals surface area contributed by atoms with Crippen LogP contribution in [0.2, 0.25) is 10.0 Å². The Kier molecular flexibility index (Phi) is 15.4. The second kappa shape index (κ2) is 23.5. The summed E-state index contributed by atoms with van der Waals surface area (Å²) in [5, 5.41) is 37.2. The number of rotatable bonds is 14. The van der Waals surface area contributed by atoms with E-state index in [-0.39, 0.29) is 183 Å². The van der Waals surface area contributed by atoms with E-state index in [1.165, 1.54) is 17.0 Å². The molecule has 95 heavy (non-hydrogen) atoms. The van der Waals surface area contributed by atoms with E-state index in [0.29, 0.717) is 57.6 Å². The standard InChI is InChI=1S/C65H56Cl2F8N14O4S2/c66-47-44(50(75)51-45-53(47)90-14-13-87(31-7-10-80-22-31)59(45)84-62(81-51)92-26-64-8-1-11-86(64)23-30(68)17-64)33-4-6-37(70)56-42(33)35(21-78)61(95-56)83-58-38(71)18-65(9-2-12-89(58)65)27-93-63-82-52-46-54(91-25-39(29-15-28(16-29)19-76)88(24-40(72)73)60(46)85-63)48(67)43(49(52)74)32-3-5-36(69)55-41(32)34(20-77)57(79)94-55/h3-6,28-31,38-40,58,80,83H,1-2,7-18,22-27,79H2/t28?,29?,30-,31?,38-,39-,58?,64+,65+/m1/s1. The van der Waals surface area contributed by atoms with Crippen LogP contribution in [-0.4, -0.2) is 150 Å². The molecule has 7 aliphatic heterocycles. The number of hydrogen-bond acceptors (Lipinski definition) is 20. The topological polar surface area (TPSA) is 223 Å². The fourth-order valence-electron chi connectivity index (χ4n) is 16.4. The van der Waals surface area contributed by atoms with Gasteiger partial charge >= 0.3 is 12.0 Å². The van der Waals surface area contributed by atoms with Crippen LogP contribution >= 0.6 is 45.9 Å². The van der Waals surface area contributed by atoms with Crippen LogP contribution < -0.4 is 45.1 Å². The fourth-order valence-corrected chi connectivity index (χ4v) is 19.1. The molecular formula is C65H56Cl2F8N14O4S2. The van der Waals surface area contributed by atoms with Gasteiger partial charge in [0.2, 0.25) is 0 Å². The monoisotopic (exact) mass is 1380 g/mol. The van der Waals surface area contributed by atoms with E-state index in [4.69, 9.17) is 62.8 Å². The van der Waals surface area contributed by atoms with Crippen molar-refractivity contribution in [1.29, 1.82) is 15.8 Å². The third-order valence-corrected chi connectivity index (χ3v) is 23.7. The van der Waals surface area contributed by atoms with Crippen molar-refractivity contribution in [2.75, 3.05) is 93.1 Å². The summed E-state index contributed by atoms with van der Waals surface area (Å²) < 4.78 is 156. The van der Waals surface area contributed by atoms with Gasteiger partial charge in [-0.3, -0.25) is 9.80 Å². The summed E-state index contributed by atoms with van der Waals surface area (Å²) in [6, 6.07) is 9.60. The molecule has 18 nitrogen and oxygen atoms in total. The van der Waals surface area contributed by atoms with Crippen LogP contribution in [0.3, 0.4) is 0 Å². The maximum Gasteiger partial charge on any atom is 0.319 e. The molecule has 7 atom stereocenters. The van der Waals surface area contributed by atoms with Crippen LogP contribution in [0.25, 0.3) is 64.2 Å². The number of hydrogen-bond donors (Lipinski definition) is 3. The highest BCUT2D eigenvalue weighted by atomic mass is 35.5. The van der Waals surface area contributed by atoms with Crippen molar-refractivity contribution in [1.82, 2.24) is 35.1 Å². The van der Waals surface area contributed by atoms with Crippen molar-refractivity contribution in [2.24, 2.45) is 11.8 Å². The Morgan fingerprint density at radius 1 is 0.779 bits per heavy atom. The van der Waals surface area contributed by atoms with Crippen LogP contribution in [0.5, 0.6) is 23.5 Å². The van der Waals surface area contributed by atoms with Gasteiger partial charge in [-0.1, -0.05) is 35.3 Å². The van der Waals surface area contributed by atoms with E-state index >= 15 is 22.0 Å². The number of thiophene rings is 2. The van der Waals surface area contributed by atoms with Gasteiger partial charge in [0.1, 0.15) is 101 Å². The third kappa shape index (κ3) is 9.78. The largest absolute Gasteiger partial charge is 0.489 e. The number of fused-ring (bicyclic) bond motifs is 4. The average Bonchev–Trinajstić information content (AvgIpc) is 1.72. The molecule has 4 aromatic heterocycles. The van der Waals surface area contributed by atoms with Gasteiger partial charge < -0.3 is 45.1 Å². The third-order valence-electron chi connectivity index (χ3n) is 20.8. The van der Waals surface area contributed by atoms with Crippen LogP contribution in [0.15, 0.2) is 24.3 Å². The van der Waals surface area contributed by atoms with Gasteiger partial charge in [0.15, 0.2) is 23.1 Å². The molecule has 1 aliphatic carbocycles. The number of nitrogen functional groups attached to an aromatic ring is 1. The number of ether oxygens (including phenoxy) is 4. The Labute approximate surface area is 555 Å². The van der Waals surface area contributed by atoms with Crippen molar-refractivity contribution >= 4 is 109 Å². The molecule has 8 aliphatic rings. The molecule has 492 valence electrons. The normalized spacial score (nSPS) is 26.3. The minimum absolute atomic E-state index is 0.0175. The van der Waals surface area contributed by atoms with Crippen molar-refractivity contribution in [3.63, 3.8) is 0 Å². The number of nitrogens with two attached hydrogens (primary N) is 1. The zero-order valence-electron chi connectivity index (χ0n) is 50.3. The molecule has 5 saturated heterocycles. The Hall–Kier alpha value is -7.75. The quantitative estimate of drug-likeness (QED) is 0.0861. The average molecular weight is 1380 g/mol. The Morgan fingerprint density at radius 2 is 1.41 bits per heavy atom. The Balaban J connectivity index is 0.759. The van der Waals surface area contributed by atoms with Gasteiger partial charge in [0.25, 0.3) is 6.43 Å². The predicted molar refractivity (Wildman–Crippen MR) is 343 cm³/mol. The summed E-state index contributed by atoms with van der Waals surface area (Å²) in [4.78, 5) is 26.1. The Morgan fingerprint density at radius 3 is 2.07 bits per heavy atom. The number of anilines is 4. The maximum absolute atomic E-state index is 18.2. The van der Waals surface area contributed by atoms with E-state index in [1.807, 2.05) is 15.9 Å². The van der Waals surface area contributed by atoms with Crippen molar-refractivity contribution in [3.8, 4) is 64.0 Å². The second-order valence-corrected chi connectivity index (χ2v) is 28.7. The molecule has 0 radical (unpaired) electrons. The van der Waals surface area contributed by atoms with Gasteiger partial charge in [0.05, 0.1) is 77.6 Å². The number of halogens is 10. The molecule has 30 heteroatoms. The first-order valence-corrected chi connectivity index (χ1v) is 33.8. The summed E-state index contributed by atoms with van der Waals surface area (Å²) >= 11 is 16.1. The number of aromatic nitrogens is 4. The lowest BCUT2D eigenvalue weighted by molar-refractivity contribution is 0.0900. The number of alkyl halides is 4. The van der Waals surface area contributed by atoms with Crippen molar-refractivity contribution in [2.45, 2.75) is 106 Å². The molecule has 16 rings (SSSR count). The zero-order valence-corrected chi connectivity index (χ0v) is 53.4. The van der Waals surface area contributed by atoms with Gasteiger partial charge in [-0.15, -0.1) is 22.7 Å². The van der Waals surface area contributed by atoms with Gasteiger partial charge in [-0.25, -0.2) is 35.1 Å². The number of nitrogens with one attached hydrogen (secondary N) is 2. The van der Waals surface area contributed by atoms with E-state index in [1.54, 1.807) is 0 Å². The van der Waals surface area contributed by atoms with Gasteiger partial charge in [-0.2, -0.15) is 35.7 Å². The fraction of sp³-hybridized carbons (Fsp3) is 0.462. The summed E-state index contributed by atoms with van der Waals surface area (Å²) in [7, 11) is 0. The molecule has 8 aromatic rings. The van der Waals surface area contributed by atoms with Gasteiger partial charge in [0, 0.05) is 66.3 Å². The highest BCUT2D eigenvalue weighted by Crippen LogP contribution is 2.56. The number of nitriles is 3. The summed E-state index contributed by atoms with van der Waals surface area (Å²) in [5.41, 5.74) is 2.87. The number of benzene rings is 4. The van der Waals surface area contributed by atoms with Gasteiger partial charge in [-0.05, 0) is 87.2 Å². The molecule has 1 saturated carbocycles. The minimum Gasteiger partial charge on any atom is -0.489 e. The van der Waals surface area contributed by atoms with Crippen molar-refractivity contribution < 1.29 is 54.1 Å². The Bertz CT molecular complexity index is 4680. The summed E-state index contributed by atoms with van der Waals surface area (Å²) in [5.74, 6) is -4.26. The molecular weight excluding hydrogens is 1330 g/mol. The second-order valence-electron chi connectivity index (χ2n) is 25.9. The molecule has 11 heterocycles. The minimum atomic E-state index is -2.96. The molecule has 0 amide bonds. The van der Waals surface area contributed by atoms with Crippen LogP contribution in [-0.2, 0) is 0 Å². The van der Waals surface area contributed by atoms with E-state index in [2.05, 4.69) is 32.7 Å². The molecule has 0 bridgehead atoms. The molecule has 6 fully saturated rings. The SMILES string of the molecule is N#Cc1c(N)sc2c(F)ccc(-c3c(Cl)c4c5c(nc(OC[C@@]67CCCN6C(Nc6sc8c(F)ccc(-c9c(Cl)c%10c%11c(nc(OC[C@@]%12%13CCCN%12C[C@H](F)C%13)nc%11c9F)N(C9CCNC9)CCO%10)c8c6C#N)[C@H](F)C7)nc5c3F)N(CC(F)F)[C@@H](C3CC(C#N)C3)CO4)c12. The van der Waals surface area contributed by atoms with Crippen LogP contribution in [0.1, 0.15) is 68.9 Å². The highest BCUT2D eigenvalue weighted by Gasteiger charge is 2.56. The first-order valence-electron chi connectivity index (χ1n) is 31.4. The first-order chi connectivity index (χ1) is 45.9. The smallest absolute Gasteiger partial charge is 0.319 e. The summed E-state index contributed by atoms with van der Waals surface area (Å²) in [6.45, 7) is 1.62. The maximum atomic E-state index is 18.2. The van der Waals surface area contributed by atoms with E-state index in [9.17, 15) is 29.0 Å². The van der Waals surface area contributed by atoms with Crippen LogP contribution in [0.4, 0.5) is 56.8 Å². The van der Waals surface area contributed by atoms with E-state index < -0.39 is 83.4 Å².